The average molecular weight is 261 g/mol. The monoisotopic (exact) mass is 261 g/mol. The highest BCUT2D eigenvalue weighted by molar-refractivity contribution is 6.43. The summed E-state index contributed by atoms with van der Waals surface area (Å²) in [6, 6.07) is 2.00. The standard InChI is InChI=1S/C11H11N5O3/c17-9-4-8(14-15-9)10(18)16-5-7(6-16)19-11-12-2-1-3-13-11/h1-3,7H,4-6H2,(H,15,17). The lowest BCUT2D eigenvalue weighted by Gasteiger charge is -2.38. The third-order valence-corrected chi connectivity index (χ3v) is 2.84. The van der Waals surface area contributed by atoms with Gasteiger partial charge in [-0.3, -0.25) is 9.59 Å². The molecule has 8 heteroatoms. The SMILES string of the molecule is O=C1CC(C(=O)N2CC(Oc3ncccn3)C2)=NN1. The fourth-order valence-electron chi connectivity index (χ4n) is 1.84. The molecule has 19 heavy (non-hydrogen) atoms. The van der Waals surface area contributed by atoms with Crippen molar-refractivity contribution in [1.82, 2.24) is 20.3 Å². The first kappa shape index (κ1) is 11.6. The minimum absolute atomic E-state index is 0.0443. The Morgan fingerprint density at radius 1 is 1.37 bits per heavy atom. The van der Waals surface area contributed by atoms with Gasteiger partial charge in [0.1, 0.15) is 11.8 Å². The minimum atomic E-state index is -0.255. The van der Waals surface area contributed by atoms with Crippen LogP contribution in [0, 0.1) is 0 Å². The lowest BCUT2D eigenvalue weighted by Crippen LogP contribution is -2.57. The van der Waals surface area contributed by atoms with Crippen LogP contribution in [0.3, 0.4) is 0 Å². The number of hydrogen-bond acceptors (Lipinski definition) is 6. The van der Waals surface area contributed by atoms with E-state index in [2.05, 4.69) is 20.5 Å². The molecule has 0 aliphatic carbocycles. The van der Waals surface area contributed by atoms with Crippen molar-refractivity contribution in [2.75, 3.05) is 13.1 Å². The smallest absolute Gasteiger partial charge is 0.316 e. The Morgan fingerprint density at radius 3 is 2.74 bits per heavy atom. The van der Waals surface area contributed by atoms with E-state index in [4.69, 9.17) is 4.74 Å². The van der Waals surface area contributed by atoms with Crippen molar-refractivity contribution >= 4 is 17.5 Å². The van der Waals surface area contributed by atoms with E-state index >= 15 is 0 Å². The van der Waals surface area contributed by atoms with E-state index in [0.29, 0.717) is 19.1 Å². The highest BCUT2D eigenvalue weighted by Gasteiger charge is 2.36. The first-order valence-corrected chi connectivity index (χ1v) is 5.81. The van der Waals surface area contributed by atoms with Crippen molar-refractivity contribution in [1.29, 1.82) is 0 Å². The Hall–Kier alpha value is -2.51. The number of amides is 2. The van der Waals surface area contributed by atoms with Crippen LogP contribution in [-0.2, 0) is 9.59 Å². The lowest BCUT2D eigenvalue weighted by molar-refractivity contribution is -0.133. The van der Waals surface area contributed by atoms with Gasteiger partial charge >= 0.3 is 6.01 Å². The van der Waals surface area contributed by atoms with Crippen molar-refractivity contribution in [3.63, 3.8) is 0 Å². The molecule has 1 N–H and O–H groups in total. The quantitative estimate of drug-likeness (QED) is 0.748. The van der Waals surface area contributed by atoms with Gasteiger partial charge in [0.2, 0.25) is 5.91 Å². The Bertz CT molecular complexity index is 539. The van der Waals surface area contributed by atoms with Gasteiger partial charge in [0.25, 0.3) is 5.91 Å². The van der Waals surface area contributed by atoms with E-state index in [0.717, 1.165) is 0 Å². The van der Waals surface area contributed by atoms with Crippen LogP contribution in [0.25, 0.3) is 0 Å². The number of hydrogen-bond donors (Lipinski definition) is 1. The fraction of sp³-hybridized carbons (Fsp3) is 0.364. The Kier molecular flexibility index (Phi) is 2.82. The number of carbonyl (C=O) groups is 2. The van der Waals surface area contributed by atoms with E-state index in [1.54, 1.807) is 23.4 Å². The molecule has 1 aromatic rings. The molecule has 0 unspecified atom stereocenters. The Labute approximate surface area is 108 Å². The van der Waals surface area contributed by atoms with E-state index < -0.39 is 0 Å². The zero-order chi connectivity index (χ0) is 13.2. The summed E-state index contributed by atoms with van der Waals surface area (Å²) in [5, 5.41) is 3.69. The van der Waals surface area contributed by atoms with Crippen LogP contribution in [0.1, 0.15) is 6.42 Å². The number of carbonyl (C=O) groups excluding carboxylic acids is 2. The molecule has 0 aromatic carbocycles. The molecule has 0 saturated carbocycles. The second-order valence-electron chi connectivity index (χ2n) is 4.25. The summed E-state index contributed by atoms with van der Waals surface area (Å²) in [6.45, 7) is 0.897. The van der Waals surface area contributed by atoms with Gasteiger partial charge in [-0.2, -0.15) is 5.10 Å². The van der Waals surface area contributed by atoms with Crippen LogP contribution in [0.5, 0.6) is 6.01 Å². The van der Waals surface area contributed by atoms with Gasteiger partial charge in [0.05, 0.1) is 19.5 Å². The number of ether oxygens (including phenoxy) is 1. The number of rotatable bonds is 3. The van der Waals surface area contributed by atoms with Gasteiger partial charge in [0.15, 0.2) is 0 Å². The summed E-state index contributed by atoms with van der Waals surface area (Å²) in [6.07, 6.45) is 3.11. The highest BCUT2D eigenvalue weighted by atomic mass is 16.5. The summed E-state index contributed by atoms with van der Waals surface area (Å²) in [5.74, 6) is -0.485. The van der Waals surface area contributed by atoms with Crippen LogP contribution in [-0.4, -0.2) is 51.6 Å². The molecule has 0 atom stereocenters. The van der Waals surface area contributed by atoms with Gasteiger partial charge in [-0.15, -0.1) is 0 Å². The van der Waals surface area contributed by atoms with Crippen LogP contribution in [0.4, 0.5) is 0 Å². The summed E-state index contributed by atoms with van der Waals surface area (Å²) >= 11 is 0. The van der Waals surface area contributed by atoms with Gasteiger partial charge in [-0.05, 0) is 6.07 Å². The van der Waals surface area contributed by atoms with E-state index in [1.807, 2.05) is 0 Å². The van der Waals surface area contributed by atoms with Gasteiger partial charge in [-0.1, -0.05) is 0 Å². The molecule has 0 spiro atoms. The molecule has 8 nitrogen and oxygen atoms in total. The number of likely N-dealkylation sites (tertiary alicyclic amines) is 1. The maximum Gasteiger partial charge on any atom is 0.316 e. The Balaban J connectivity index is 1.50. The zero-order valence-electron chi connectivity index (χ0n) is 9.94. The number of nitrogens with one attached hydrogen (secondary N) is 1. The molecule has 3 rings (SSSR count). The minimum Gasteiger partial charge on any atom is -0.456 e. The number of aromatic nitrogens is 2. The van der Waals surface area contributed by atoms with Gasteiger partial charge in [-0.25, -0.2) is 15.4 Å². The zero-order valence-corrected chi connectivity index (χ0v) is 9.94. The molecule has 2 amide bonds. The van der Waals surface area contributed by atoms with Crippen molar-refractivity contribution in [2.24, 2.45) is 5.10 Å². The molecular weight excluding hydrogens is 250 g/mol. The molecule has 1 saturated heterocycles. The molecule has 2 aliphatic heterocycles. The molecule has 98 valence electrons. The van der Waals surface area contributed by atoms with E-state index in [9.17, 15) is 9.59 Å². The third kappa shape index (κ3) is 2.37. The average Bonchev–Trinajstić information content (AvgIpc) is 2.80. The first-order valence-electron chi connectivity index (χ1n) is 5.81. The molecule has 3 heterocycles. The highest BCUT2D eigenvalue weighted by Crippen LogP contribution is 2.15. The van der Waals surface area contributed by atoms with Crippen LogP contribution >= 0.6 is 0 Å². The van der Waals surface area contributed by atoms with Crippen LogP contribution in [0.2, 0.25) is 0 Å². The van der Waals surface area contributed by atoms with Crippen molar-refractivity contribution in [3.8, 4) is 6.01 Å². The molecule has 1 fully saturated rings. The van der Waals surface area contributed by atoms with Gasteiger partial charge < -0.3 is 9.64 Å². The van der Waals surface area contributed by atoms with Gasteiger partial charge in [0, 0.05) is 12.4 Å². The van der Waals surface area contributed by atoms with Crippen LogP contribution in [0.15, 0.2) is 23.6 Å². The van der Waals surface area contributed by atoms with Crippen molar-refractivity contribution in [3.05, 3.63) is 18.5 Å². The molecular formula is C11H11N5O3. The van der Waals surface area contributed by atoms with Crippen molar-refractivity contribution < 1.29 is 14.3 Å². The van der Waals surface area contributed by atoms with E-state index in [1.165, 1.54) is 0 Å². The maximum absolute atomic E-state index is 11.9. The topological polar surface area (TPSA) is 96.8 Å². The Morgan fingerprint density at radius 2 is 2.11 bits per heavy atom. The fourth-order valence-corrected chi connectivity index (χ4v) is 1.84. The molecule has 0 radical (unpaired) electrons. The normalized spacial score (nSPS) is 18.6. The lowest BCUT2D eigenvalue weighted by atomic mass is 10.1. The number of nitrogens with zero attached hydrogens (tertiary/aromatic N) is 4. The predicted octanol–water partition coefficient (Wildman–Crippen LogP) is -1.06. The van der Waals surface area contributed by atoms with Crippen LogP contribution < -0.4 is 10.2 Å². The maximum atomic E-state index is 11.9. The summed E-state index contributed by atoms with van der Waals surface area (Å²) in [4.78, 5) is 32.3. The van der Waals surface area contributed by atoms with E-state index in [-0.39, 0.29) is 30.1 Å². The molecule has 0 bridgehead atoms. The second kappa shape index (κ2) is 4.63. The summed E-state index contributed by atoms with van der Waals surface area (Å²) < 4.78 is 5.48. The summed E-state index contributed by atoms with van der Waals surface area (Å²) in [5.41, 5.74) is 2.50. The largest absolute Gasteiger partial charge is 0.456 e. The predicted molar refractivity (Wildman–Crippen MR) is 63.2 cm³/mol. The second-order valence-corrected chi connectivity index (χ2v) is 4.25. The number of hydrazone groups is 1. The summed E-state index contributed by atoms with van der Waals surface area (Å²) in [7, 11) is 0. The first-order chi connectivity index (χ1) is 9.22. The van der Waals surface area contributed by atoms with Crippen molar-refractivity contribution in [2.45, 2.75) is 12.5 Å². The molecule has 2 aliphatic rings. The molecule has 1 aromatic heterocycles. The third-order valence-electron chi connectivity index (χ3n) is 2.84.